The van der Waals surface area contributed by atoms with Gasteiger partial charge in [0, 0.05) is 19.8 Å². The second-order valence-electron chi connectivity index (χ2n) is 5.05. The van der Waals surface area contributed by atoms with Crippen molar-refractivity contribution >= 4 is 34.2 Å². The summed E-state index contributed by atoms with van der Waals surface area (Å²) < 4.78 is 5.84. The molecule has 0 fully saturated rings. The summed E-state index contributed by atoms with van der Waals surface area (Å²) in [5, 5.41) is 12.4. The van der Waals surface area contributed by atoms with Crippen LogP contribution >= 0.6 is 23.1 Å². The SMILES string of the molecule is CCNC(C)(CCCSc1nnc(N(C)C)s1)C(=O)OC. The van der Waals surface area contributed by atoms with Crippen molar-refractivity contribution in [2.24, 2.45) is 0 Å². The molecule has 6 nitrogen and oxygen atoms in total. The standard InChI is InChI=1S/C13H24N4O2S2/c1-6-14-13(2,10(18)19-5)8-7-9-20-12-16-15-11(21-12)17(3)4/h14H,6-9H2,1-5H3. The summed E-state index contributed by atoms with van der Waals surface area (Å²) >= 11 is 3.25. The molecule has 0 aliphatic rings. The molecule has 1 heterocycles. The predicted molar refractivity (Wildman–Crippen MR) is 88.3 cm³/mol. The second kappa shape index (κ2) is 8.55. The van der Waals surface area contributed by atoms with Crippen LogP contribution in [0, 0.1) is 0 Å². The average molecular weight is 332 g/mol. The number of methoxy groups -OCH3 is 1. The van der Waals surface area contributed by atoms with Crippen LogP contribution in [0.3, 0.4) is 0 Å². The van der Waals surface area contributed by atoms with E-state index in [1.54, 1.807) is 23.1 Å². The topological polar surface area (TPSA) is 67.4 Å². The van der Waals surface area contributed by atoms with Crippen molar-refractivity contribution in [2.75, 3.05) is 38.4 Å². The molecule has 120 valence electrons. The Labute approximate surface area is 134 Å². The molecule has 0 aliphatic heterocycles. The van der Waals surface area contributed by atoms with Crippen LogP contribution in [0.2, 0.25) is 0 Å². The minimum Gasteiger partial charge on any atom is -0.468 e. The summed E-state index contributed by atoms with van der Waals surface area (Å²) in [5.74, 6) is 0.695. The molecule has 1 aromatic heterocycles. The number of aromatic nitrogens is 2. The van der Waals surface area contributed by atoms with E-state index in [-0.39, 0.29) is 5.97 Å². The first kappa shape index (κ1) is 18.2. The van der Waals surface area contributed by atoms with E-state index in [0.29, 0.717) is 0 Å². The lowest BCUT2D eigenvalue weighted by Crippen LogP contribution is -2.50. The van der Waals surface area contributed by atoms with Crippen LogP contribution in [-0.2, 0) is 9.53 Å². The number of hydrogen-bond acceptors (Lipinski definition) is 8. The molecule has 8 heteroatoms. The van der Waals surface area contributed by atoms with E-state index < -0.39 is 5.54 Å². The van der Waals surface area contributed by atoms with Gasteiger partial charge in [-0.05, 0) is 26.3 Å². The number of nitrogens with zero attached hydrogens (tertiary/aromatic N) is 3. The summed E-state index contributed by atoms with van der Waals surface area (Å²) in [6, 6.07) is 0. The van der Waals surface area contributed by atoms with Gasteiger partial charge >= 0.3 is 5.97 Å². The molecule has 1 aromatic rings. The van der Waals surface area contributed by atoms with Crippen LogP contribution in [0.5, 0.6) is 0 Å². The molecule has 0 aromatic carbocycles. The third kappa shape index (κ3) is 5.44. The fraction of sp³-hybridized carbons (Fsp3) is 0.769. The van der Waals surface area contributed by atoms with Crippen LogP contribution in [0.25, 0.3) is 0 Å². The van der Waals surface area contributed by atoms with E-state index >= 15 is 0 Å². The highest BCUT2D eigenvalue weighted by Gasteiger charge is 2.32. The van der Waals surface area contributed by atoms with Gasteiger partial charge in [-0.15, -0.1) is 10.2 Å². The van der Waals surface area contributed by atoms with Crippen LogP contribution in [0.15, 0.2) is 4.34 Å². The number of hydrogen-bond donors (Lipinski definition) is 1. The second-order valence-corrected chi connectivity index (χ2v) is 7.35. The third-order valence-corrected chi connectivity index (χ3v) is 5.34. The number of rotatable bonds is 9. The van der Waals surface area contributed by atoms with Crippen LogP contribution in [-0.4, -0.2) is 55.2 Å². The fourth-order valence-corrected chi connectivity index (χ4v) is 3.68. The Bertz CT molecular complexity index is 453. The van der Waals surface area contributed by atoms with Gasteiger partial charge in [0.1, 0.15) is 5.54 Å². The Kier molecular flexibility index (Phi) is 7.41. The molecule has 0 amide bonds. The number of thioether (sulfide) groups is 1. The number of carbonyl (C=O) groups is 1. The van der Waals surface area contributed by atoms with Crippen LogP contribution in [0.1, 0.15) is 26.7 Å². The average Bonchev–Trinajstić information content (AvgIpc) is 2.92. The minimum absolute atomic E-state index is 0.208. The lowest BCUT2D eigenvalue weighted by atomic mass is 9.96. The van der Waals surface area contributed by atoms with Crippen LogP contribution in [0.4, 0.5) is 5.13 Å². The molecule has 0 saturated carbocycles. The molecule has 21 heavy (non-hydrogen) atoms. The smallest absolute Gasteiger partial charge is 0.325 e. The van der Waals surface area contributed by atoms with Gasteiger partial charge in [-0.25, -0.2) is 0 Å². The van der Waals surface area contributed by atoms with Crippen molar-refractivity contribution in [2.45, 2.75) is 36.6 Å². The third-order valence-electron chi connectivity index (χ3n) is 3.03. The van der Waals surface area contributed by atoms with Gasteiger partial charge < -0.3 is 15.0 Å². The molecule has 0 aliphatic carbocycles. The molecule has 1 rings (SSSR count). The van der Waals surface area contributed by atoms with Crippen molar-refractivity contribution in [3.8, 4) is 0 Å². The Morgan fingerprint density at radius 3 is 2.71 bits per heavy atom. The number of likely N-dealkylation sites (N-methyl/N-ethyl adjacent to an activating group) is 1. The highest BCUT2D eigenvalue weighted by molar-refractivity contribution is 8.01. The normalized spacial score (nSPS) is 13.8. The maximum atomic E-state index is 11.8. The quantitative estimate of drug-likeness (QED) is 0.421. The Hall–Kier alpha value is -0.860. The lowest BCUT2D eigenvalue weighted by molar-refractivity contribution is -0.148. The van der Waals surface area contributed by atoms with Gasteiger partial charge in [0.05, 0.1) is 7.11 Å². The Balaban J connectivity index is 2.42. The molecule has 0 spiro atoms. The molecule has 1 unspecified atom stereocenters. The fourth-order valence-electron chi connectivity index (χ4n) is 1.90. The monoisotopic (exact) mass is 332 g/mol. The molecule has 1 atom stereocenters. The molecular formula is C13H24N4O2S2. The first-order valence-corrected chi connectivity index (χ1v) is 8.70. The molecule has 0 radical (unpaired) electrons. The maximum Gasteiger partial charge on any atom is 0.325 e. The zero-order chi connectivity index (χ0) is 15.9. The number of esters is 1. The van der Waals surface area contributed by atoms with Gasteiger partial charge in [0.15, 0.2) is 4.34 Å². The summed E-state index contributed by atoms with van der Waals surface area (Å²) in [7, 11) is 5.33. The molecule has 0 saturated heterocycles. The first-order chi connectivity index (χ1) is 9.92. The summed E-state index contributed by atoms with van der Waals surface area (Å²) in [4.78, 5) is 13.8. The molecular weight excluding hydrogens is 308 g/mol. The predicted octanol–water partition coefficient (Wildman–Crippen LogP) is 2.02. The zero-order valence-corrected chi connectivity index (χ0v) is 14.9. The van der Waals surface area contributed by atoms with E-state index in [9.17, 15) is 4.79 Å². The van der Waals surface area contributed by atoms with Crippen molar-refractivity contribution < 1.29 is 9.53 Å². The highest BCUT2D eigenvalue weighted by atomic mass is 32.2. The molecule has 1 N–H and O–H groups in total. The van der Waals surface area contributed by atoms with Crippen LogP contribution < -0.4 is 10.2 Å². The number of anilines is 1. The highest BCUT2D eigenvalue weighted by Crippen LogP contribution is 2.28. The lowest BCUT2D eigenvalue weighted by Gasteiger charge is -2.27. The van der Waals surface area contributed by atoms with Crippen molar-refractivity contribution in [3.63, 3.8) is 0 Å². The van der Waals surface area contributed by atoms with Gasteiger partial charge in [-0.3, -0.25) is 4.79 Å². The van der Waals surface area contributed by atoms with E-state index in [0.717, 1.165) is 34.6 Å². The molecule has 0 bridgehead atoms. The van der Waals surface area contributed by atoms with E-state index in [1.807, 2.05) is 32.8 Å². The maximum absolute atomic E-state index is 11.8. The summed E-state index contributed by atoms with van der Waals surface area (Å²) in [6.07, 6.45) is 1.64. The first-order valence-electron chi connectivity index (χ1n) is 6.90. The van der Waals surface area contributed by atoms with E-state index in [1.165, 1.54) is 7.11 Å². The summed E-state index contributed by atoms with van der Waals surface area (Å²) in [5.41, 5.74) is -0.611. The van der Waals surface area contributed by atoms with E-state index in [2.05, 4.69) is 15.5 Å². The van der Waals surface area contributed by atoms with E-state index in [4.69, 9.17) is 4.74 Å². The van der Waals surface area contributed by atoms with Gasteiger partial charge in [-0.1, -0.05) is 30.0 Å². The number of carbonyl (C=O) groups excluding carboxylic acids is 1. The van der Waals surface area contributed by atoms with Crippen molar-refractivity contribution in [1.82, 2.24) is 15.5 Å². The van der Waals surface area contributed by atoms with Gasteiger partial charge in [-0.2, -0.15) is 0 Å². The zero-order valence-electron chi connectivity index (χ0n) is 13.3. The van der Waals surface area contributed by atoms with Gasteiger partial charge in [0.2, 0.25) is 5.13 Å². The number of nitrogens with one attached hydrogen (secondary N) is 1. The Morgan fingerprint density at radius 2 is 2.19 bits per heavy atom. The largest absolute Gasteiger partial charge is 0.468 e. The minimum atomic E-state index is -0.611. The van der Waals surface area contributed by atoms with Crippen molar-refractivity contribution in [1.29, 1.82) is 0 Å². The van der Waals surface area contributed by atoms with Crippen molar-refractivity contribution in [3.05, 3.63) is 0 Å². The number of ether oxygens (including phenoxy) is 1. The summed E-state index contributed by atoms with van der Waals surface area (Å²) in [6.45, 7) is 4.61. The van der Waals surface area contributed by atoms with Gasteiger partial charge in [0.25, 0.3) is 0 Å². The Morgan fingerprint density at radius 1 is 1.48 bits per heavy atom.